The van der Waals surface area contributed by atoms with E-state index in [1.54, 1.807) is 29.2 Å². The van der Waals surface area contributed by atoms with Gasteiger partial charge in [0.15, 0.2) is 17.2 Å². The molecule has 8 heteroatoms. The van der Waals surface area contributed by atoms with Crippen molar-refractivity contribution in [3.05, 3.63) is 42.5 Å². The van der Waals surface area contributed by atoms with Gasteiger partial charge in [0.1, 0.15) is 6.26 Å². The van der Waals surface area contributed by atoms with E-state index in [0.717, 1.165) is 12.8 Å². The summed E-state index contributed by atoms with van der Waals surface area (Å²) in [6.45, 7) is 1.40. The molecule has 1 aliphatic heterocycles. The van der Waals surface area contributed by atoms with E-state index in [1.807, 2.05) is 0 Å². The first-order valence-corrected chi connectivity index (χ1v) is 7.43. The minimum absolute atomic E-state index is 0.215. The van der Waals surface area contributed by atoms with E-state index in [1.165, 1.54) is 6.26 Å². The summed E-state index contributed by atoms with van der Waals surface area (Å²) < 4.78 is 12.4. The number of nitrogens with one attached hydrogen (secondary N) is 1. The number of nitrogens with zero attached hydrogens (tertiary/aromatic N) is 4. The van der Waals surface area contributed by atoms with Crippen LogP contribution in [0.3, 0.4) is 0 Å². The quantitative estimate of drug-likeness (QED) is 0.793. The highest BCUT2D eigenvalue weighted by molar-refractivity contribution is 6.02. The molecule has 1 saturated heterocycles. The van der Waals surface area contributed by atoms with E-state index in [9.17, 15) is 4.79 Å². The van der Waals surface area contributed by atoms with Crippen LogP contribution in [0.1, 0.15) is 35.1 Å². The Balaban J connectivity index is 1.49. The van der Waals surface area contributed by atoms with E-state index in [-0.39, 0.29) is 17.5 Å². The molecule has 0 radical (unpaired) electrons. The second-order valence-corrected chi connectivity index (χ2v) is 5.39. The standard InChI is InChI=1S/C15H15N5O3/c21-14(18-11-7-16-13-1-4-17-20(13)8-11)12-9-23-15(19-12)10-2-5-22-6-3-10/h1,4,7-10H,2-3,5-6H2,(H,18,21). The van der Waals surface area contributed by atoms with Crippen LogP contribution in [0, 0.1) is 0 Å². The van der Waals surface area contributed by atoms with Crippen LogP contribution >= 0.6 is 0 Å². The summed E-state index contributed by atoms with van der Waals surface area (Å²) in [5.41, 5.74) is 1.51. The van der Waals surface area contributed by atoms with Crippen LogP contribution in [-0.2, 0) is 4.74 Å². The SMILES string of the molecule is O=C(Nc1cnc2ccnn2c1)c1coc(C2CCOCC2)n1. The zero-order chi connectivity index (χ0) is 15.6. The minimum atomic E-state index is -0.333. The number of fused-ring (bicyclic) bond motifs is 1. The minimum Gasteiger partial charge on any atom is -0.448 e. The van der Waals surface area contributed by atoms with Gasteiger partial charge >= 0.3 is 0 Å². The third kappa shape index (κ3) is 2.80. The van der Waals surface area contributed by atoms with E-state index in [4.69, 9.17) is 9.15 Å². The topological polar surface area (TPSA) is 94.6 Å². The first-order valence-electron chi connectivity index (χ1n) is 7.43. The van der Waals surface area contributed by atoms with Gasteiger partial charge < -0.3 is 14.5 Å². The predicted octanol–water partition coefficient (Wildman–Crippen LogP) is 1.86. The Hall–Kier alpha value is -2.74. The number of aromatic nitrogens is 4. The molecule has 1 N–H and O–H groups in total. The second-order valence-electron chi connectivity index (χ2n) is 5.39. The van der Waals surface area contributed by atoms with E-state index < -0.39 is 0 Å². The number of anilines is 1. The summed E-state index contributed by atoms with van der Waals surface area (Å²) in [5.74, 6) is 0.479. The highest BCUT2D eigenvalue weighted by Gasteiger charge is 2.22. The molecular formula is C15H15N5O3. The molecule has 0 saturated carbocycles. The van der Waals surface area contributed by atoms with E-state index in [0.29, 0.717) is 30.4 Å². The lowest BCUT2D eigenvalue weighted by Crippen LogP contribution is -2.16. The van der Waals surface area contributed by atoms with Gasteiger partial charge in [-0.15, -0.1) is 0 Å². The van der Waals surface area contributed by atoms with Crippen molar-refractivity contribution in [1.82, 2.24) is 19.6 Å². The van der Waals surface area contributed by atoms with E-state index >= 15 is 0 Å². The normalized spacial score (nSPS) is 15.8. The van der Waals surface area contributed by atoms with Crippen LogP contribution in [0.4, 0.5) is 5.69 Å². The molecule has 0 unspecified atom stereocenters. The molecule has 1 amide bonds. The Kier molecular flexibility index (Phi) is 3.51. The molecule has 4 rings (SSSR count). The molecule has 3 aromatic rings. The molecule has 118 valence electrons. The van der Waals surface area contributed by atoms with Crippen molar-refractivity contribution >= 4 is 17.2 Å². The van der Waals surface area contributed by atoms with Gasteiger partial charge in [0, 0.05) is 25.2 Å². The predicted molar refractivity (Wildman–Crippen MR) is 80.2 cm³/mol. The number of hydrogen-bond acceptors (Lipinski definition) is 6. The van der Waals surface area contributed by atoms with Crippen molar-refractivity contribution in [2.75, 3.05) is 18.5 Å². The maximum Gasteiger partial charge on any atom is 0.277 e. The summed E-state index contributed by atoms with van der Waals surface area (Å²) in [5, 5.41) is 6.83. The van der Waals surface area contributed by atoms with Gasteiger partial charge in [-0.2, -0.15) is 5.10 Å². The van der Waals surface area contributed by atoms with Crippen LogP contribution in [0.25, 0.3) is 5.65 Å². The van der Waals surface area contributed by atoms with Crippen molar-refractivity contribution in [3.63, 3.8) is 0 Å². The zero-order valence-electron chi connectivity index (χ0n) is 12.3. The monoisotopic (exact) mass is 313 g/mol. The molecule has 1 aliphatic rings. The summed E-state index contributed by atoms with van der Waals surface area (Å²) in [4.78, 5) is 20.8. The van der Waals surface area contributed by atoms with Crippen molar-refractivity contribution in [2.24, 2.45) is 0 Å². The summed E-state index contributed by atoms with van der Waals surface area (Å²) in [6, 6.07) is 1.78. The molecule has 1 fully saturated rings. The van der Waals surface area contributed by atoms with Gasteiger partial charge in [0.25, 0.3) is 5.91 Å². The Morgan fingerprint density at radius 1 is 1.35 bits per heavy atom. The molecule has 0 atom stereocenters. The fraction of sp³-hybridized carbons (Fsp3) is 0.333. The Morgan fingerprint density at radius 2 is 2.22 bits per heavy atom. The number of rotatable bonds is 3. The summed E-state index contributed by atoms with van der Waals surface area (Å²) in [6.07, 6.45) is 8.03. The summed E-state index contributed by atoms with van der Waals surface area (Å²) in [7, 11) is 0. The third-order valence-corrected chi connectivity index (χ3v) is 3.83. The van der Waals surface area contributed by atoms with Crippen LogP contribution in [0.15, 0.2) is 35.3 Å². The summed E-state index contributed by atoms with van der Waals surface area (Å²) >= 11 is 0. The molecule has 23 heavy (non-hydrogen) atoms. The third-order valence-electron chi connectivity index (χ3n) is 3.83. The number of carbonyl (C=O) groups excluding carboxylic acids is 1. The van der Waals surface area contributed by atoms with Gasteiger partial charge in [-0.1, -0.05) is 0 Å². The highest BCUT2D eigenvalue weighted by Crippen LogP contribution is 2.26. The van der Waals surface area contributed by atoms with Gasteiger partial charge in [-0.3, -0.25) is 4.79 Å². The molecule has 4 heterocycles. The average molecular weight is 313 g/mol. The van der Waals surface area contributed by atoms with Crippen molar-refractivity contribution < 1.29 is 13.9 Å². The highest BCUT2D eigenvalue weighted by atomic mass is 16.5. The Morgan fingerprint density at radius 3 is 3.09 bits per heavy atom. The van der Waals surface area contributed by atoms with Crippen molar-refractivity contribution in [1.29, 1.82) is 0 Å². The zero-order valence-corrected chi connectivity index (χ0v) is 12.3. The molecule has 0 spiro atoms. The van der Waals surface area contributed by atoms with Gasteiger partial charge in [-0.25, -0.2) is 14.5 Å². The van der Waals surface area contributed by atoms with Crippen LogP contribution < -0.4 is 5.32 Å². The number of amides is 1. The Bertz CT molecular complexity index is 834. The molecule has 0 aromatic carbocycles. The first kappa shape index (κ1) is 13.9. The van der Waals surface area contributed by atoms with Crippen molar-refractivity contribution in [3.8, 4) is 0 Å². The average Bonchev–Trinajstić information content (AvgIpc) is 3.24. The number of oxazole rings is 1. The molecular weight excluding hydrogens is 298 g/mol. The fourth-order valence-electron chi connectivity index (χ4n) is 2.59. The number of ether oxygens (including phenoxy) is 1. The number of carbonyl (C=O) groups is 1. The lowest BCUT2D eigenvalue weighted by molar-refractivity contribution is 0.0794. The molecule has 0 aliphatic carbocycles. The van der Waals surface area contributed by atoms with Crippen LogP contribution in [-0.4, -0.2) is 38.7 Å². The van der Waals surface area contributed by atoms with Crippen LogP contribution in [0.5, 0.6) is 0 Å². The maximum absolute atomic E-state index is 12.3. The second kappa shape index (κ2) is 5.81. The lowest BCUT2D eigenvalue weighted by Gasteiger charge is -2.18. The first-order chi connectivity index (χ1) is 11.3. The molecule has 8 nitrogen and oxygen atoms in total. The van der Waals surface area contributed by atoms with Gasteiger partial charge in [0.05, 0.1) is 24.3 Å². The van der Waals surface area contributed by atoms with E-state index in [2.05, 4.69) is 20.4 Å². The molecule has 0 bridgehead atoms. The van der Waals surface area contributed by atoms with Crippen LogP contribution in [0.2, 0.25) is 0 Å². The lowest BCUT2D eigenvalue weighted by atomic mass is 10.0. The number of hydrogen-bond donors (Lipinski definition) is 1. The van der Waals surface area contributed by atoms with Gasteiger partial charge in [-0.05, 0) is 12.8 Å². The van der Waals surface area contributed by atoms with Crippen molar-refractivity contribution in [2.45, 2.75) is 18.8 Å². The maximum atomic E-state index is 12.3. The Labute approximate surface area is 131 Å². The largest absolute Gasteiger partial charge is 0.448 e. The smallest absolute Gasteiger partial charge is 0.277 e. The fourth-order valence-corrected chi connectivity index (χ4v) is 2.59. The molecule has 3 aromatic heterocycles. The van der Waals surface area contributed by atoms with Gasteiger partial charge in [0.2, 0.25) is 0 Å².